The predicted molar refractivity (Wildman–Crippen MR) is 49.8 cm³/mol. The number of piperidine rings is 1. The smallest absolute Gasteiger partial charge is 0.140 e. The van der Waals surface area contributed by atoms with Crippen molar-refractivity contribution in [2.24, 2.45) is 0 Å². The van der Waals surface area contributed by atoms with Crippen LogP contribution in [0.1, 0.15) is 19.3 Å². The third kappa shape index (κ3) is 4.07. The first-order chi connectivity index (χ1) is 5.79. The summed E-state index contributed by atoms with van der Waals surface area (Å²) in [6, 6.07) is 0. The van der Waals surface area contributed by atoms with E-state index < -0.39 is 10.7 Å². The molecule has 3 nitrogen and oxygen atoms in total. The lowest BCUT2D eigenvalue weighted by Crippen LogP contribution is -2.31. The van der Waals surface area contributed by atoms with E-state index in [1.54, 1.807) is 0 Å². The van der Waals surface area contributed by atoms with E-state index in [2.05, 4.69) is 11.3 Å². The van der Waals surface area contributed by atoms with Gasteiger partial charge < -0.3 is 4.90 Å². The molecule has 4 heteroatoms. The molecule has 1 radical (unpaired) electrons. The van der Waals surface area contributed by atoms with Crippen molar-refractivity contribution in [3.63, 3.8) is 0 Å². The Bertz CT molecular complexity index is 177. The largest absolute Gasteiger partial charge is 0.303 e. The second-order valence-corrected chi connectivity index (χ2v) is 4.25. The second-order valence-electron chi connectivity index (χ2n) is 3.14. The molecule has 1 aliphatic heterocycles. The first kappa shape index (κ1) is 9.99. The van der Waals surface area contributed by atoms with Gasteiger partial charge in [-0.25, -0.2) is 8.42 Å². The van der Waals surface area contributed by atoms with Crippen molar-refractivity contribution in [1.29, 1.82) is 0 Å². The van der Waals surface area contributed by atoms with Gasteiger partial charge in [-0.05, 0) is 38.8 Å². The van der Waals surface area contributed by atoms with Crippen LogP contribution in [-0.4, -0.2) is 38.7 Å². The summed E-state index contributed by atoms with van der Waals surface area (Å²) in [5.74, 6) is 0.339. The molecule has 0 unspecified atom stereocenters. The Balaban J connectivity index is 2.05. The third-order valence-corrected chi connectivity index (χ3v) is 2.77. The van der Waals surface area contributed by atoms with E-state index in [0.29, 0.717) is 5.75 Å². The zero-order valence-electron chi connectivity index (χ0n) is 7.24. The monoisotopic (exact) mass is 190 g/mol. The van der Waals surface area contributed by atoms with E-state index in [1.807, 2.05) is 0 Å². The molecule has 1 fully saturated rings. The molecular formula is C8H16NO2S. The average molecular weight is 190 g/mol. The maximum Gasteiger partial charge on any atom is 0.140 e. The van der Waals surface area contributed by atoms with Crippen LogP contribution in [0.2, 0.25) is 0 Å². The van der Waals surface area contributed by atoms with Gasteiger partial charge in [0.2, 0.25) is 0 Å². The fourth-order valence-electron chi connectivity index (χ4n) is 1.45. The van der Waals surface area contributed by atoms with Crippen molar-refractivity contribution < 1.29 is 8.42 Å². The number of rotatable bonds is 4. The molecular weight excluding hydrogens is 174 g/mol. The molecule has 0 aromatic heterocycles. The molecule has 0 N–H and O–H groups in total. The molecule has 0 amide bonds. The van der Waals surface area contributed by atoms with Crippen LogP contribution in [-0.2, 0) is 10.7 Å². The molecule has 1 heterocycles. The molecule has 0 saturated carbocycles. The lowest BCUT2D eigenvalue weighted by atomic mass is 10.1. The van der Waals surface area contributed by atoms with E-state index in [1.165, 1.54) is 12.8 Å². The maximum atomic E-state index is 10.3. The molecule has 0 aromatic rings. The van der Waals surface area contributed by atoms with Crippen molar-refractivity contribution in [2.45, 2.75) is 19.3 Å². The van der Waals surface area contributed by atoms with Crippen molar-refractivity contribution in [3.8, 4) is 0 Å². The lowest BCUT2D eigenvalue weighted by molar-refractivity contribution is 0.264. The maximum absolute atomic E-state index is 10.3. The van der Waals surface area contributed by atoms with E-state index in [-0.39, 0.29) is 0 Å². The fraction of sp³-hybridized carbons (Fsp3) is 0.875. The van der Waals surface area contributed by atoms with E-state index in [4.69, 9.17) is 0 Å². The van der Waals surface area contributed by atoms with Gasteiger partial charge in [-0.1, -0.05) is 0 Å². The van der Waals surface area contributed by atoms with Gasteiger partial charge in [0, 0.05) is 12.3 Å². The Kier molecular flexibility index (Phi) is 4.61. The van der Waals surface area contributed by atoms with Gasteiger partial charge in [-0.15, -0.1) is 0 Å². The van der Waals surface area contributed by atoms with Crippen LogP contribution in [0.3, 0.4) is 0 Å². The Morgan fingerprint density at radius 1 is 1.42 bits per heavy atom. The Morgan fingerprint density at radius 2 is 2.25 bits per heavy atom. The van der Waals surface area contributed by atoms with Crippen LogP contribution in [0, 0.1) is 6.42 Å². The SMILES string of the molecule is O=[SH](=O)CCCN1C[CH]CCC1. The minimum Gasteiger partial charge on any atom is -0.303 e. The number of nitrogens with zero attached hydrogens (tertiary/aromatic N) is 1. The summed E-state index contributed by atoms with van der Waals surface area (Å²) in [6.45, 7) is 3.10. The number of likely N-dealkylation sites (tertiary alicyclic amines) is 1. The quantitative estimate of drug-likeness (QED) is 0.647. The van der Waals surface area contributed by atoms with Gasteiger partial charge in [0.25, 0.3) is 0 Å². The van der Waals surface area contributed by atoms with Gasteiger partial charge in [0.05, 0.1) is 0 Å². The topological polar surface area (TPSA) is 37.4 Å². The highest BCUT2D eigenvalue weighted by atomic mass is 32.2. The highest BCUT2D eigenvalue weighted by Crippen LogP contribution is 2.07. The van der Waals surface area contributed by atoms with Crippen LogP contribution in [0.4, 0.5) is 0 Å². The first-order valence-electron chi connectivity index (χ1n) is 4.45. The number of thiol groups is 1. The van der Waals surface area contributed by atoms with Gasteiger partial charge in [0.15, 0.2) is 0 Å². The highest BCUT2D eigenvalue weighted by Gasteiger charge is 2.08. The molecule has 1 rings (SSSR count). The molecule has 0 spiro atoms. The van der Waals surface area contributed by atoms with Crippen LogP contribution >= 0.6 is 0 Å². The molecule has 71 valence electrons. The molecule has 12 heavy (non-hydrogen) atoms. The number of hydrogen-bond donors (Lipinski definition) is 1. The first-order valence-corrected chi connectivity index (χ1v) is 5.81. The normalized spacial score (nSPS) is 20.1. The highest BCUT2D eigenvalue weighted by molar-refractivity contribution is 7.72. The molecule has 0 bridgehead atoms. The van der Waals surface area contributed by atoms with Crippen LogP contribution < -0.4 is 0 Å². The minimum absolute atomic E-state index is 0.339. The van der Waals surface area contributed by atoms with Gasteiger partial charge >= 0.3 is 0 Å². The van der Waals surface area contributed by atoms with E-state index >= 15 is 0 Å². The summed E-state index contributed by atoms with van der Waals surface area (Å²) < 4.78 is 20.5. The van der Waals surface area contributed by atoms with Crippen molar-refractivity contribution in [1.82, 2.24) is 4.90 Å². The van der Waals surface area contributed by atoms with Crippen molar-refractivity contribution in [3.05, 3.63) is 6.42 Å². The standard InChI is InChI=1S/C8H16NO2S/c10-12(11)8-4-7-9-5-2-1-3-6-9/h2,12H,1,3-8H2. The Morgan fingerprint density at radius 3 is 2.83 bits per heavy atom. The van der Waals surface area contributed by atoms with Crippen LogP contribution in [0.5, 0.6) is 0 Å². The Labute approximate surface area is 75.7 Å². The summed E-state index contributed by atoms with van der Waals surface area (Å²) in [7, 11) is -2.16. The molecule has 1 saturated heterocycles. The molecule has 0 atom stereocenters. The Hall–Kier alpha value is -0.0900. The summed E-state index contributed by atoms with van der Waals surface area (Å²) in [5.41, 5.74) is 0. The van der Waals surface area contributed by atoms with Crippen LogP contribution in [0.25, 0.3) is 0 Å². The van der Waals surface area contributed by atoms with E-state index in [0.717, 1.165) is 26.1 Å². The summed E-state index contributed by atoms with van der Waals surface area (Å²) >= 11 is 0. The van der Waals surface area contributed by atoms with Gasteiger partial charge in [0.1, 0.15) is 10.7 Å². The predicted octanol–water partition coefficient (Wildman–Crippen LogP) is 0.288. The average Bonchev–Trinajstić information content (AvgIpc) is 2.05. The van der Waals surface area contributed by atoms with Crippen molar-refractivity contribution in [2.75, 3.05) is 25.4 Å². The zero-order valence-corrected chi connectivity index (χ0v) is 8.13. The summed E-state index contributed by atoms with van der Waals surface area (Å²) in [5, 5.41) is 0. The molecule has 0 aliphatic carbocycles. The number of hydrogen-bond acceptors (Lipinski definition) is 3. The third-order valence-electron chi connectivity index (χ3n) is 2.08. The van der Waals surface area contributed by atoms with Gasteiger partial charge in [-0.3, -0.25) is 0 Å². The zero-order chi connectivity index (χ0) is 8.81. The lowest BCUT2D eigenvalue weighted by Gasteiger charge is -2.25. The minimum atomic E-state index is -2.16. The van der Waals surface area contributed by atoms with Crippen molar-refractivity contribution >= 4 is 10.7 Å². The van der Waals surface area contributed by atoms with Crippen LogP contribution in [0.15, 0.2) is 0 Å². The molecule has 1 aliphatic rings. The fourth-order valence-corrected chi connectivity index (χ4v) is 1.85. The molecule has 0 aromatic carbocycles. The van der Waals surface area contributed by atoms with E-state index in [9.17, 15) is 8.42 Å². The van der Waals surface area contributed by atoms with Gasteiger partial charge in [-0.2, -0.15) is 0 Å². The second kappa shape index (κ2) is 5.54. The summed E-state index contributed by atoms with van der Waals surface area (Å²) in [6.07, 6.45) is 5.49. The summed E-state index contributed by atoms with van der Waals surface area (Å²) in [4.78, 5) is 2.31.